The molecule has 0 spiro atoms. The van der Waals surface area contributed by atoms with Gasteiger partial charge in [0.25, 0.3) is 11.5 Å². The molecular formula is C16H10F3NO3. The van der Waals surface area contributed by atoms with Crippen molar-refractivity contribution in [1.82, 2.24) is 0 Å². The van der Waals surface area contributed by atoms with Crippen LogP contribution >= 0.6 is 0 Å². The highest BCUT2D eigenvalue weighted by atomic mass is 19.4. The Bertz CT molecular complexity index is 841. The van der Waals surface area contributed by atoms with Crippen LogP contribution in [0.5, 0.6) is 5.75 Å². The summed E-state index contributed by atoms with van der Waals surface area (Å²) in [5.74, 6) is -1.02. The first-order valence-electron chi connectivity index (χ1n) is 6.62. The molecule has 0 saturated heterocycles. The van der Waals surface area contributed by atoms with Crippen LogP contribution in [0.15, 0.2) is 42.5 Å². The summed E-state index contributed by atoms with van der Waals surface area (Å²) in [6.45, 7) is 1.78. The fraction of sp³-hybridized carbons (Fsp3) is 0.125. The third kappa shape index (κ3) is 2.77. The number of carbonyl (C=O) groups is 1. The van der Waals surface area contributed by atoms with Crippen LogP contribution in [0.2, 0.25) is 0 Å². The second kappa shape index (κ2) is 5.12. The average molecular weight is 321 g/mol. The fourth-order valence-corrected chi connectivity index (χ4v) is 2.44. The van der Waals surface area contributed by atoms with Crippen LogP contribution in [0.25, 0.3) is 0 Å². The summed E-state index contributed by atoms with van der Waals surface area (Å²) in [6.07, 6.45) is -4.85. The summed E-state index contributed by atoms with van der Waals surface area (Å²) in [6, 6.07) is 9.57. The number of ether oxygens (including phenoxy) is 1. The summed E-state index contributed by atoms with van der Waals surface area (Å²) in [4.78, 5) is 12.4. The first kappa shape index (κ1) is 15.1. The molecule has 2 aromatic carbocycles. The zero-order valence-electron chi connectivity index (χ0n) is 11.8. The van der Waals surface area contributed by atoms with Crippen molar-refractivity contribution in [2.75, 3.05) is 0 Å². The summed E-state index contributed by atoms with van der Waals surface area (Å²) < 4.78 is 41.1. The lowest BCUT2D eigenvalue weighted by atomic mass is 10.0. The monoisotopic (exact) mass is 321 g/mol. The van der Waals surface area contributed by atoms with Crippen molar-refractivity contribution in [2.45, 2.75) is 13.3 Å². The predicted octanol–water partition coefficient (Wildman–Crippen LogP) is 3.72. The van der Waals surface area contributed by atoms with Crippen molar-refractivity contribution in [3.8, 4) is 5.75 Å². The number of Topliss-reactive ketones (excluding diaryl/α,β-unsaturated/α-hetero) is 1. The van der Waals surface area contributed by atoms with Gasteiger partial charge in [-0.15, -0.1) is 13.2 Å². The van der Waals surface area contributed by atoms with Gasteiger partial charge in [0.05, 0.1) is 5.56 Å². The lowest BCUT2D eigenvalue weighted by Gasteiger charge is -2.09. The van der Waals surface area contributed by atoms with Crippen LogP contribution in [-0.2, 0) is 0 Å². The van der Waals surface area contributed by atoms with Crippen LogP contribution in [-0.4, -0.2) is 22.6 Å². The molecule has 3 rings (SSSR count). The van der Waals surface area contributed by atoms with Gasteiger partial charge in [0.2, 0.25) is 5.69 Å². The van der Waals surface area contributed by atoms with E-state index in [0.717, 1.165) is 17.7 Å². The van der Waals surface area contributed by atoms with E-state index >= 15 is 0 Å². The molecule has 0 N–H and O–H groups in total. The molecule has 0 aromatic heterocycles. The molecule has 1 aliphatic rings. The number of carbonyl (C=O) groups excluding carboxylic acids is 1. The molecule has 1 aliphatic heterocycles. The van der Waals surface area contributed by atoms with Gasteiger partial charge >= 0.3 is 6.36 Å². The molecular weight excluding hydrogens is 311 g/mol. The summed E-state index contributed by atoms with van der Waals surface area (Å²) in [7, 11) is 0. The third-order valence-electron chi connectivity index (χ3n) is 3.37. The van der Waals surface area contributed by atoms with Gasteiger partial charge < -0.3 is 9.94 Å². The Labute approximate surface area is 129 Å². The Morgan fingerprint density at radius 3 is 2.57 bits per heavy atom. The maximum Gasteiger partial charge on any atom is 0.573 e. The van der Waals surface area contributed by atoms with Crippen LogP contribution in [0.4, 0.5) is 18.9 Å². The minimum absolute atomic E-state index is 0.0700. The number of hydrogen-bond acceptors (Lipinski definition) is 3. The van der Waals surface area contributed by atoms with E-state index in [0.29, 0.717) is 4.74 Å². The van der Waals surface area contributed by atoms with Gasteiger partial charge in [-0.3, -0.25) is 4.79 Å². The highest BCUT2D eigenvalue weighted by molar-refractivity contribution is 6.52. The molecule has 7 heteroatoms. The Morgan fingerprint density at radius 1 is 1.13 bits per heavy atom. The predicted molar refractivity (Wildman–Crippen MR) is 76.0 cm³/mol. The molecule has 0 atom stereocenters. The highest BCUT2D eigenvalue weighted by Gasteiger charge is 2.37. The van der Waals surface area contributed by atoms with Crippen LogP contribution < -0.4 is 4.74 Å². The number of halogens is 3. The maximum atomic E-state index is 12.4. The Kier molecular flexibility index (Phi) is 3.35. The quantitative estimate of drug-likeness (QED) is 0.626. The van der Waals surface area contributed by atoms with Crippen LogP contribution in [0.3, 0.4) is 0 Å². The highest BCUT2D eigenvalue weighted by Crippen LogP contribution is 2.30. The van der Waals surface area contributed by atoms with Crippen molar-refractivity contribution in [3.63, 3.8) is 0 Å². The van der Waals surface area contributed by atoms with Crippen molar-refractivity contribution in [3.05, 3.63) is 64.4 Å². The largest absolute Gasteiger partial charge is 0.618 e. The minimum atomic E-state index is -4.85. The molecule has 4 nitrogen and oxygen atoms in total. The van der Waals surface area contributed by atoms with Crippen molar-refractivity contribution in [1.29, 1.82) is 0 Å². The third-order valence-corrected chi connectivity index (χ3v) is 3.37. The number of aryl methyl sites for hydroxylation is 1. The van der Waals surface area contributed by atoms with E-state index < -0.39 is 17.9 Å². The lowest BCUT2D eigenvalue weighted by molar-refractivity contribution is -0.355. The lowest BCUT2D eigenvalue weighted by Crippen LogP contribution is -2.19. The number of hydrogen-bond donors (Lipinski definition) is 0. The normalized spacial score (nSPS) is 14.2. The SMILES string of the molecule is Cc1ccc2c(c1)C(=O)C(c1cccc(OC(F)(F)F)c1)=[N+]2[O-]. The summed E-state index contributed by atoms with van der Waals surface area (Å²) >= 11 is 0. The number of fused-ring (bicyclic) bond motifs is 1. The van der Waals surface area contributed by atoms with Gasteiger partial charge in [-0.1, -0.05) is 12.1 Å². The average Bonchev–Trinajstić information content (AvgIpc) is 2.69. The van der Waals surface area contributed by atoms with E-state index in [4.69, 9.17) is 0 Å². The first-order chi connectivity index (χ1) is 10.8. The molecule has 0 radical (unpaired) electrons. The van der Waals surface area contributed by atoms with E-state index in [-0.39, 0.29) is 22.5 Å². The molecule has 0 bridgehead atoms. The molecule has 0 unspecified atom stereocenters. The Hall–Kier alpha value is -2.83. The number of benzene rings is 2. The van der Waals surface area contributed by atoms with Gasteiger partial charge in [-0.25, -0.2) is 0 Å². The Morgan fingerprint density at radius 2 is 1.87 bits per heavy atom. The summed E-state index contributed by atoms with van der Waals surface area (Å²) in [5.41, 5.74) is 1.06. The van der Waals surface area contributed by atoms with Gasteiger partial charge in [0.15, 0.2) is 0 Å². The fourth-order valence-electron chi connectivity index (χ4n) is 2.44. The second-order valence-corrected chi connectivity index (χ2v) is 5.07. The van der Waals surface area contributed by atoms with E-state index in [1.807, 2.05) is 0 Å². The maximum absolute atomic E-state index is 12.4. The van der Waals surface area contributed by atoms with Gasteiger partial charge in [-0.2, -0.15) is 4.74 Å². The van der Waals surface area contributed by atoms with E-state index in [2.05, 4.69) is 4.74 Å². The topological polar surface area (TPSA) is 52.4 Å². The molecule has 1 heterocycles. The molecule has 2 aromatic rings. The van der Waals surface area contributed by atoms with Crippen LogP contribution in [0, 0.1) is 12.1 Å². The molecule has 0 saturated carbocycles. The number of alkyl halides is 3. The first-order valence-corrected chi connectivity index (χ1v) is 6.62. The van der Waals surface area contributed by atoms with Gasteiger partial charge in [-0.05, 0) is 36.8 Å². The zero-order valence-corrected chi connectivity index (χ0v) is 11.8. The number of ketones is 1. The van der Waals surface area contributed by atoms with Crippen molar-refractivity contribution >= 4 is 17.2 Å². The van der Waals surface area contributed by atoms with Crippen molar-refractivity contribution < 1.29 is 27.4 Å². The number of rotatable bonds is 2. The summed E-state index contributed by atoms with van der Waals surface area (Å²) in [5, 5.41) is 12.3. The molecule has 23 heavy (non-hydrogen) atoms. The van der Waals surface area contributed by atoms with E-state index in [1.54, 1.807) is 19.1 Å². The van der Waals surface area contributed by atoms with E-state index in [9.17, 15) is 23.2 Å². The molecule has 118 valence electrons. The number of nitrogens with zero attached hydrogens (tertiary/aromatic N) is 1. The van der Waals surface area contributed by atoms with Gasteiger partial charge in [0, 0.05) is 6.07 Å². The standard InChI is InChI=1S/C16H10F3NO3/c1-9-5-6-13-12(7-9)15(21)14(20(13)22)10-3-2-4-11(8-10)23-16(17,18)19/h2-8H,1H3. The molecule has 0 amide bonds. The van der Waals surface area contributed by atoms with Gasteiger partial charge in [0.1, 0.15) is 11.3 Å². The minimum Gasteiger partial charge on any atom is -0.618 e. The molecule has 0 aliphatic carbocycles. The van der Waals surface area contributed by atoms with Crippen molar-refractivity contribution in [2.24, 2.45) is 0 Å². The smallest absolute Gasteiger partial charge is 0.573 e. The molecule has 0 fully saturated rings. The van der Waals surface area contributed by atoms with Crippen LogP contribution in [0.1, 0.15) is 21.5 Å². The second-order valence-electron chi connectivity index (χ2n) is 5.07. The van der Waals surface area contributed by atoms with E-state index in [1.165, 1.54) is 18.2 Å². The Balaban J connectivity index is 2.05. The zero-order chi connectivity index (χ0) is 16.8.